The molecule has 6 heteroatoms. The molecule has 2 rings (SSSR count). The lowest BCUT2D eigenvalue weighted by Crippen LogP contribution is -2.13. The number of hydrogen-bond donors (Lipinski definition) is 0. The van der Waals surface area contributed by atoms with Crippen LogP contribution in [0.4, 0.5) is 13.2 Å². The summed E-state index contributed by atoms with van der Waals surface area (Å²) in [6.07, 6.45) is -2.96. The first-order chi connectivity index (χ1) is 8.34. The molecule has 0 N–H and O–H groups in total. The molecule has 3 nitrogen and oxygen atoms in total. The van der Waals surface area contributed by atoms with Crippen LogP contribution in [0.25, 0.3) is 0 Å². The molecule has 0 amide bonds. The van der Waals surface area contributed by atoms with Crippen LogP contribution in [0.1, 0.15) is 32.4 Å². The van der Waals surface area contributed by atoms with Gasteiger partial charge < -0.3 is 9.47 Å². The normalized spacial score (nSPS) is 15.9. The quantitative estimate of drug-likeness (QED) is 0.832. The van der Waals surface area contributed by atoms with Crippen LogP contribution in [-0.2, 0) is 6.18 Å². The Balaban J connectivity index is 2.27. The number of nitrogens with zero attached hydrogens (tertiary/aromatic N) is 1. The van der Waals surface area contributed by atoms with Gasteiger partial charge in [0.25, 0.3) is 0 Å². The van der Waals surface area contributed by atoms with Crippen LogP contribution in [0.2, 0.25) is 0 Å². The van der Waals surface area contributed by atoms with E-state index >= 15 is 0 Å². The summed E-state index contributed by atoms with van der Waals surface area (Å²) in [6, 6.07) is 2.30. The fourth-order valence-corrected chi connectivity index (χ4v) is 1.37. The molecular weight excluding hydrogens is 247 g/mol. The molecule has 1 aliphatic rings. The van der Waals surface area contributed by atoms with Crippen molar-refractivity contribution in [3.05, 3.63) is 17.8 Å². The molecule has 1 fully saturated rings. The zero-order chi connectivity index (χ0) is 13.3. The van der Waals surface area contributed by atoms with E-state index in [-0.39, 0.29) is 23.8 Å². The number of halogens is 3. The Morgan fingerprint density at radius 3 is 2.44 bits per heavy atom. The molecular formula is C12H14F3NO2. The molecule has 1 heterocycles. The summed E-state index contributed by atoms with van der Waals surface area (Å²) < 4.78 is 48.6. The number of hydrogen-bond acceptors (Lipinski definition) is 3. The van der Waals surface area contributed by atoms with Crippen molar-refractivity contribution in [2.24, 2.45) is 0 Å². The van der Waals surface area contributed by atoms with Gasteiger partial charge >= 0.3 is 6.18 Å². The van der Waals surface area contributed by atoms with Gasteiger partial charge in [0, 0.05) is 12.1 Å². The third-order valence-corrected chi connectivity index (χ3v) is 2.25. The average molecular weight is 261 g/mol. The van der Waals surface area contributed by atoms with E-state index in [1.165, 1.54) is 6.07 Å². The molecule has 0 radical (unpaired) electrons. The zero-order valence-corrected chi connectivity index (χ0v) is 10.1. The van der Waals surface area contributed by atoms with Gasteiger partial charge in [-0.3, -0.25) is 0 Å². The molecule has 1 saturated carbocycles. The third kappa shape index (κ3) is 3.51. The van der Waals surface area contributed by atoms with Crippen LogP contribution in [0, 0.1) is 0 Å². The van der Waals surface area contributed by atoms with Crippen molar-refractivity contribution in [1.82, 2.24) is 4.98 Å². The fourth-order valence-electron chi connectivity index (χ4n) is 1.37. The predicted octanol–water partition coefficient (Wildman–Crippen LogP) is 3.43. The third-order valence-electron chi connectivity index (χ3n) is 2.25. The van der Waals surface area contributed by atoms with Crippen molar-refractivity contribution in [3.8, 4) is 11.6 Å². The smallest absolute Gasteiger partial charge is 0.433 e. The maximum Gasteiger partial charge on any atom is 0.433 e. The van der Waals surface area contributed by atoms with Crippen molar-refractivity contribution >= 4 is 0 Å². The first-order valence-electron chi connectivity index (χ1n) is 5.77. The van der Waals surface area contributed by atoms with Crippen LogP contribution in [0.5, 0.6) is 11.6 Å². The number of aromatic nitrogens is 1. The van der Waals surface area contributed by atoms with E-state index in [1.54, 1.807) is 13.8 Å². The Morgan fingerprint density at radius 1 is 1.28 bits per heavy atom. The lowest BCUT2D eigenvalue weighted by atomic mass is 10.3. The number of alkyl halides is 3. The van der Waals surface area contributed by atoms with Gasteiger partial charge in [0.1, 0.15) is 5.75 Å². The topological polar surface area (TPSA) is 31.4 Å². The molecule has 0 spiro atoms. The van der Waals surface area contributed by atoms with E-state index in [0.717, 1.165) is 18.9 Å². The van der Waals surface area contributed by atoms with Gasteiger partial charge in [-0.1, -0.05) is 0 Å². The summed E-state index contributed by atoms with van der Waals surface area (Å²) in [6.45, 7) is 3.45. The van der Waals surface area contributed by atoms with Crippen molar-refractivity contribution in [2.75, 3.05) is 0 Å². The second-order valence-corrected chi connectivity index (χ2v) is 4.51. The van der Waals surface area contributed by atoms with Crippen LogP contribution in [0.15, 0.2) is 12.1 Å². The summed E-state index contributed by atoms with van der Waals surface area (Å²) in [4.78, 5) is 3.45. The Bertz CT molecular complexity index is 406. The molecule has 1 aromatic rings. The van der Waals surface area contributed by atoms with Crippen molar-refractivity contribution in [1.29, 1.82) is 0 Å². The maximum atomic E-state index is 12.7. The van der Waals surface area contributed by atoms with E-state index in [4.69, 9.17) is 9.47 Å². The molecule has 0 saturated heterocycles. The van der Waals surface area contributed by atoms with E-state index in [9.17, 15) is 13.2 Å². The molecule has 1 aromatic heterocycles. The summed E-state index contributed by atoms with van der Waals surface area (Å²) in [5.41, 5.74) is -0.990. The summed E-state index contributed by atoms with van der Waals surface area (Å²) in [5.74, 6) is 0.103. The highest BCUT2D eigenvalue weighted by Gasteiger charge is 2.34. The molecule has 0 aromatic carbocycles. The van der Waals surface area contributed by atoms with Crippen molar-refractivity contribution < 1.29 is 22.6 Å². The van der Waals surface area contributed by atoms with Crippen LogP contribution >= 0.6 is 0 Å². The molecule has 0 aliphatic heterocycles. The first-order valence-corrected chi connectivity index (χ1v) is 5.77. The van der Waals surface area contributed by atoms with Crippen molar-refractivity contribution in [2.45, 2.75) is 45.1 Å². The number of pyridine rings is 1. The Hall–Kier alpha value is -1.46. The van der Waals surface area contributed by atoms with Gasteiger partial charge in [-0.15, -0.1) is 0 Å². The lowest BCUT2D eigenvalue weighted by Gasteiger charge is -2.14. The molecule has 0 unspecified atom stereocenters. The number of rotatable bonds is 4. The molecule has 0 atom stereocenters. The van der Waals surface area contributed by atoms with Gasteiger partial charge in [-0.25, -0.2) is 4.98 Å². The molecule has 0 bridgehead atoms. The second-order valence-electron chi connectivity index (χ2n) is 4.51. The summed E-state index contributed by atoms with van der Waals surface area (Å²) in [7, 11) is 0. The maximum absolute atomic E-state index is 12.7. The van der Waals surface area contributed by atoms with E-state index in [0.29, 0.717) is 0 Å². The summed E-state index contributed by atoms with van der Waals surface area (Å²) in [5, 5.41) is 0. The fraction of sp³-hybridized carbons (Fsp3) is 0.583. The van der Waals surface area contributed by atoms with Gasteiger partial charge in [0.15, 0.2) is 5.69 Å². The van der Waals surface area contributed by atoms with Gasteiger partial charge in [-0.05, 0) is 26.7 Å². The van der Waals surface area contributed by atoms with E-state index < -0.39 is 11.9 Å². The highest BCUT2D eigenvalue weighted by atomic mass is 19.4. The van der Waals surface area contributed by atoms with E-state index in [1.807, 2.05) is 0 Å². The van der Waals surface area contributed by atoms with E-state index in [2.05, 4.69) is 4.98 Å². The SMILES string of the molecule is CC(C)Oc1cc(OC2CC2)cc(C(F)(F)F)n1. The van der Waals surface area contributed by atoms with Crippen LogP contribution < -0.4 is 9.47 Å². The predicted molar refractivity (Wildman–Crippen MR) is 58.7 cm³/mol. The molecule has 1 aliphatic carbocycles. The first kappa shape index (κ1) is 13.0. The van der Waals surface area contributed by atoms with Gasteiger partial charge in [0.05, 0.1) is 12.2 Å². The minimum atomic E-state index is -4.50. The minimum Gasteiger partial charge on any atom is -0.490 e. The average Bonchev–Trinajstić information content (AvgIpc) is 2.98. The Kier molecular flexibility index (Phi) is 3.36. The van der Waals surface area contributed by atoms with Gasteiger partial charge in [-0.2, -0.15) is 13.2 Å². The largest absolute Gasteiger partial charge is 0.490 e. The second kappa shape index (κ2) is 4.66. The van der Waals surface area contributed by atoms with Crippen molar-refractivity contribution in [3.63, 3.8) is 0 Å². The summed E-state index contributed by atoms with van der Waals surface area (Å²) >= 11 is 0. The standard InChI is InChI=1S/C12H14F3NO2/c1-7(2)17-11-6-9(18-8-3-4-8)5-10(16-11)12(13,14)15/h5-8H,3-4H2,1-2H3. The Morgan fingerprint density at radius 2 is 1.94 bits per heavy atom. The zero-order valence-electron chi connectivity index (χ0n) is 10.1. The minimum absolute atomic E-state index is 0.0281. The Labute approximate surface area is 103 Å². The van der Waals surface area contributed by atoms with Crippen LogP contribution in [-0.4, -0.2) is 17.2 Å². The number of ether oxygens (including phenoxy) is 2. The lowest BCUT2D eigenvalue weighted by molar-refractivity contribution is -0.141. The molecule has 100 valence electrons. The molecule has 18 heavy (non-hydrogen) atoms. The van der Waals surface area contributed by atoms with Gasteiger partial charge in [0.2, 0.25) is 5.88 Å². The highest BCUT2D eigenvalue weighted by Crippen LogP contribution is 2.34. The highest BCUT2D eigenvalue weighted by molar-refractivity contribution is 5.32. The van der Waals surface area contributed by atoms with Crippen LogP contribution in [0.3, 0.4) is 0 Å². The monoisotopic (exact) mass is 261 g/mol.